The van der Waals surface area contributed by atoms with Crippen molar-refractivity contribution in [2.45, 2.75) is 33.7 Å². The number of aliphatic imine (C=N–C) groups is 1. The molecule has 0 radical (unpaired) electrons. The lowest BCUT2D eigenvalue weighted by atomic mass is 10.1. The second-order valence-corrected chi connectivity index (χ2v) is 7.51. The van der Waals surface area contributed by atoms with Gasteiger partial charge in [0.2, 0.25) is 0 Å². The van der Waals surface area contributed by atoms with Crippen molar-refractivity contribution in [3.05, 3.63) is 35.4 Å². The monoisotopic (exact) mass is 546 g/mol. The molecule has 1 aliphatic rings. The summed E-state index contributed by atoms with van der Waals surface area (Å²) < 4.78 is 10.7. The number of rotatable bonds is 11. The fourth-order valence-electron chi connectivity index (χ4n) is 3.59. The Kier molecular flexibility index (Phi) is 13.7. The van der Waals surface area contributed by atoms with Gasteiger partial charge in [-0.2, -0.15) is 0 Å². The number of guanidine groups is 1. The smallest absolute Gasteiger partial charge is 0.253 e. The van der Waals surface area contributed by atoms with E-state index in [0.717, 1.165) is 62.8 Å². The van der Waals surface area contributed by atoms with Gasteiger partial charge < -0.3 is 24.6 Å². The first kappa shape index (κ1) is 27.6. The molecule has 1 amide bonds. The maximum atomic E-state index is 12.5. The third-order valence-electron chi connectivity index (χ3n) is 5.37. The molecule has 31 heavy (non-hydrogen) atoms. The van der Waals surface area contributed by atoms with Gasteiger partial charge in [-0.1, -0.05) is 12.1 Å². The molecule has 176 valence electrons. The first-order chi connectivity index (χ1) is 14.6. The van der Waals surface area contributed by atoms with Crippen LogP contribution >= 0.6 is 24.0 Å². The van der Waals surface area contributed by atoms with Crippen molar-refractivity contribution in [2.24, 2.45) is 10.9 Å². The summed E-state index contributed by atoms with van der Waals surface area (Å²) in [7, 11) is 1.69. The normalized spacial score (nSPS) is 16.2. The van der Waals surface area contributed by atoms with Crippen molar-refractivity contribution in [2.75, 3.05) is 59.7 Å². The number of likely N-dealkylation sites (tertiary alicyclic amines) is 1. The van der Waals surface area contributed by atoms with E-state index in [1.165, 1.54) is 0 Å². The maximum absolute atomic E-state index is 12.5. The Morgan fingerprint density at radius 2 is 1.90 bits per heavy atom. The van der Waals surface area contributed by atoms with Crippen molar-refractivity contribution < 1.29 is 14.3 Å². The number of hydrogen-bond acceptors (Lipinski definition) is 4. The van der Waals surface area contributed by atoms with E-state index in [1.54, 1.807) is 7.11 Å². The fraction of sp³-hybridized carbons (Fsp3) is 0.652. The molecular formula is C23H39IN4O3. The van der Waals surface area contributed by atoms with Crippen LogP contribution in [0.25, 0.3) is 0 Å². The molecule has 1 aromatic rings. The van der Waals surface area contributed by atoms with Crippen molar-refractivity contribution in [1.82, 2.24) is 15.1 Å². The number of ether oxygens (including phenoxy) is 2. The van der Waals surface area contributed by atoms with E-state index in [-0.39, 0.29) is 29.9 Å². The molecular weight excluding hydrogens is 507 g/mol. The number of carbonyl (C=O) groups excluding carboxylic acids is 1. The number of nitrogens with one attached hydrogen (secondary N) is 1. The highest BCUT2D eigenvalue weighted by molar-refractivity contribution is 14.0. The second-order valence-electron chi connectivity index (χ2n) is 7.51. The Labute approximate surface area is 204 Å². The average molecular weight is 546 g/mol. The molecule has 1 unspecified atom stereocenters. The number of benzene rings is 1. The molecule has 0 aromatic heterocycles. The summed E-state index contributed by atoms with van der Waals surface area (Å²) >= 11 is 0. The van der Waals surface area contributed by atoms with E-state index >= 15 is 0 Å². The van der Waals surface area contributed by atoms with Crippen LogP contribution in [0.1, 0.15) is 43.1 Å². The SMILES string of the molecule is CCNC(=NCc1ccc(C(=O)N(CC)CC)cc1)N1CCC(COCCOC)C1.I. The van der Waals surface area contributed by atoms with E-state index < -0.39 is 0 Å². The second kappa shape index (κ2) is 15.4. The lowest BCUT2D eigenvalue weighted by Gasteiger charge is -2.22. The van der Waals surface area contributed by atoms with Gasteiger partial charge in [0.25, 0.3) is 5.91 Å². The molecule has 1 N–H and O–H groups in total. The van der Waals surface area contributed by atoms with Crippen molar-refractivity contribution in [3.63, 3.8) is 0 Å². The standard InChI is InChI=1S/C23H38N4O3.HI/c1-5-24-23(27-13-12-20(17-27)18-30-15-14-29-4)25-16-19-8-10-21(11-9-19)22(28)26(6-2)7-3;/h8-11,20H,5-7,12-18H2,1-4H3,(H,24,25);1H. The number of nitrogens with zero attached hydrogens (tertiary/aromatic N) is 3. The minimum Gasteiger partial charge on any atom is -0.382 e. The third kappa shape index (κ3) is 8.94. The van der Waals surface area contributed by atoms with Crippen LogP contribution in [0.2, 0.25) is 0 Å². The van der Waals surface area contributed by atoms with E-state index in [9.17, 15) is 4.79 Å². The molecule has 1 saturated heterocycles. The molecule has 1 heterocycles. The Hall–Kier alpha value is -1.39. The van der Waals surface area contributed by atoms with Crippen LogP contribution in [0.15, 0.2) is 29.3 Å². The summed E-state index contributed by atoms with van der Waals surface area (Å²) in [5, 5.41) is 3.41. The zero-order valence-electron chi connectivity index (χ0n) is 19.4. The van der Waals surface area contributed by atoms with Crippen molar-refractivity contribution >= 4 is 35.8 Å². The molecule has 0 spiro atoms. The van der Waals surface area contributed by atoms with Crippen LogP contribution < -0.4 is 5.32 Å². The highest BCUT2D eigenvalue weighted by atomic mass is 127. The molecule has 7 nitrogen and oxygen atoms in total. The highest BCUT2D eigenvalue weighted by Gasteiger charge is 2.25. The van der Waals surface area contributed by atoms with Gasteiger partial charge in [0, 0.05) is 51.3 Å². The summed E-state index contributed by atoms with van der Waals surface area (Å²) in [5.74, 6) is 1.55. The lowest BCUT2D eigenvalue weighted by molar-refractivity contribution is 0.0536. The molecule has 2 rings (SSSR count). The first-order valence-corrected chi connectivity index (χ1v) is 11.1. The van der Waals surface area contributed by atoms with Crippen LogP contribution in [-0.2, 0) is 16.0 Å². The van der Waals surface area contributed by atoms with Gasteiger partial charge in [-0.25, -0.2) is 4.99 Å². The molecule has 1 aliphatic heterocycles. The molecule has 1 aromatic carbocycles. The van der Waals surface area contributed by atoms with Crippen LogP contribution in [0.3, 0.4) is 0 Å². The van der Waals surface area contributed by atoms with Crippen LogP contribution in [-0.4, -0.2) is 81.3 Å². The Balaban J connectivity index is 0.00000480. The quantitative estimate of drug-likeness (QED) is 0.200. The highest BCUT2D eigenvalue weighted by Crippen LogP contribution is 2.17. The number of halogens is 1. The number of hydrogen-bond donors (Lipinski definition) is 1. The van der Waals surface area contributed by atoms with E-state index in [2.05, 4.69) is 17.1 Å². The van der Waals surface area contributed by atoms with Crippen LogP contribution in [0, 0.1) is 5.92 Å². The van der Waals surface area contributed by atoms with Crippen molar-refractivity contribution in [1.29, 1.82) is 0 Å². The molecule has 0 aliphatic carbocycles. The van der Waals surface area contributed by atoms with Gasteiger partial charge in [0.1, 0.15) is 0 Å². The number of carbonyl (C=O) groups is 1. The van der Waals surface area contributed by atoms with Crippen LogP contribution in [0.5, 0.6) is 0 Å². The lowest BCUT2D eigenvalue weighted by Crippen LogP contribution is -2.40. The fourth-order valence-corrected chi connectivity index (χ4v) is 3.59. The van der Waals surface area contributed by atoms with E-state index in [1.807, 2.05) is 43.0 Å². The third-order valence-corrected chi connectivity index (χ3v) is 5.37. The molecule has 1 atom stereocenters. The summed E-state index contributed by atoms with van der Waals surface area (Å²) in [6.45, 7) is 13.0. The number of amides is 1. The Morgan fingerprint density at radius 1 is 1.19 bits per heavy atom. The van der Waals surface area contributed by atoms with Gasteiger partial charge in [0.05, 0.1) is 26.4 Å². The maximum Gasteiger partial charge on any atom is 0.253 e. The van der Waals surface area contributed by atoms with Crippen molar-refractivity contribution in [3.8, 4) is 0 Å². The minimum absolute atomic E-state index is 0. The van der Waals surface area contributed by atoms with Gasteiger partial charge >= 0.3 is 0 Å². The predicted octanol–water partition coefficient (Wildman–Crippen LogP) is 3.24. The largest absolute Gasteiger partial charge is 0.382 e. The summed E-state index contributed by atoms with van der Waals surface area (Å²) in [6, 6.07) is 7.81. The predicted molar refractivity (Wildman–Crippen MR) is 136 cm³/mol. The van der Waals surface area contributed by atoms with Gasteiger partial charge in [-0.05, 0) is 44.9 Å². The van der Waals surface area contributed by atoms with Gasteiger partial charge in [-0.15, -0.1) is 24.0 Å². The van der Waals surface area contributed by atoms with E-state index in [4.69, 9.17) is 14.5 Å². The topological polar surface area (TPSA) is 66.4 Å². The molecule has 1 fully saturated rings. The van der Waals surface area contributed by atoms with Gasteiger partial charge in [0.15, 0.2) is 5.96 Å². The molecule has 0 saturated carbocycles. The average Bonchev–Trinajstić information content (AvgIpc) is 3.24. The van der Waals surface area contributed by atoms with Gasteiger partial charge in [-0.3, -0.25) is 4.79 Å². The Bertz CT molecular complexity index is 665. The molecule has 0 bridgehead atoms. The number of methoxy groups -OCH3 is 1. The summed E-state index contributed by atoms with van der Waals surface area (Å²) in [4.78, 5) is 21.4. The zero-order valence-corrected chi connectivity index (χ0v) is 21.8. The molecule has 8 heteroatoms. The van der Waals surface area contributed by atoms with Crippen LogP contribution in [0.4, 0.5) is 0 Å². The minimum atomic E-state index is 0. The van der Waals surface area contributed by atoms with E-state index in [0.29, 0.717) is 25.7 Å². The zero-order chi connectivity index (χ0) is 21.8. The Morgan fingerprint density at radius 3 is 2.52 bits per heavy atom. The first-order valence-electron chi connectivity index (χ1n) is 11.1. The summed E-state index contributed by atoms with van der Waals surface area (Å²) in [5.41, 5.74) is 1.83. The summed E-state index contributed by atoms with van der Waals surface area (Å²) in [6.07, 6.45) is 1.11.